The van der Waals surface area contributed by atoms with Gasteiger partial charge in [-0.3, -0.25) is 0 Å². The van der Waals surface area contributed by atoms with E-state index >= 15 is 0 Å². The first-order valence-electron chi connectivity index (χ1n) is 7.04. The first kappa shape index (κ1) is 13.0. The molecule has 1 N–H and O–H groups in total. The minimum atomic E-state index is -0.865. The van der Waals surface area contributed by atoms with Gasteiger partial charge in [-0.1, -0.05) is 25.5 Å². The van der Waals surface area contributed by atoms with Gasteiger partial charge in [0.05, 0.1) is 0 Å². The van der Waals surface area contributed by atoms with Crippen LogP contribution >= 0.6 is 0 Å². The van der Waals surface area contributed by atoms with Crippen LogP contribution in [0.15, 0.2) is 28.7 Å². The molecule has 106 valence electrons. The molecule has 1 atom stereocenters. The van der Waals surface area contributed by atoms with Crippen molar-refractivity contribution in [2.45, 2.75) is 38.1 Å². The molecule has 3 rings (SSSR count). The summed E-state index contributed by atoms with van der Waals surface area (Å²) in [7, 11) is 0. The van der Waals surface area contributed by atoms with Crippen molar-refractivity contribution in [3.05, 3.63) is 24.3 Å². The van der Waals surface area contributed by atoms with E-state index in [0.29, 0.717) is 31.0 Å². The number of oxazole rings is 1. The van der Waals surface area contributed by atoms with E-state index in [1.54, 1.807) is 0 Å². The fourth-order valence-electron chi connectivity index (χ4n) is 3.14. The van der Waals surface area contributed by atoms with Crippen molar-refractivity contribution in [2.24, 2.45) is 0 Å². The maximum atomic E-state index is 11.8. The Balaban J connectivity index is 2.04. The Hall–Kier alpha value is -2.04. The lowest BCUT2D eigenvalue weighted by Crippen LogP contribution is -2.50. The minimum Gasteiger partial charge on any atom is -0.479 e. The summed E-state index contributed by atoms with van der Waals surface area (Å²) >= 11 is 0. The molecule has 0 amide bonds. The van der Waals surface area contributed by atoms with Crippen molar-refractivity contribution in [3.8, 4) is 0 Å². The van der Waals surface area contributed by atoms with Crippen molar-refractivity contribution in [1.82, 2.24) is 4.98 Å². The highest BCUT2D eigenvalue weighted by Gasteiger charge is 2.48. The monoisotopic (exact) mass is 274 g/mol. The number of anilines is 1. The zero-order valence-electron chi connectivity index (χ0n) is 11.5. The average Bonchev–Trinajstić information content (AvgIpc) is 3.02. The van der Waals surface area contributed by atoms with Crippen molar-refractivity contribution < 1.29 is 14.3 Å². The summed E-state index contributed by atoms with van der Waals surface area (Å²) in [5, 5.41) is 9.69. The number of rotatable bonds is 4. The zero-order valence-corrected chi connectivity index (χ0v) is 11.5. The van der Waals surface area contributed by atoms with Gasteiger partial charge in [0.15, 0.2) is 5.58 Å². The zero-order chi connectivity index (χ0) is 14.2. The first-order chi connectivity index (χ1) is 9.67. The highest BCUT2D eigenvalue weighted by molar-refractivity contribution is 5.84. The van der Waals surface area contributed by atoms with Crippen molar-refractivity contribution in [1.29, 1.82) is 0 Å². The summed E-state index contributed by atoms with van der Waals surface area (Å²) in [5.74, 6) is -0.779. The standard InChI is InChI=1S/C15H18N2O3/c1-2-8-15(13(18)19)9-5-10-17(15)14-16-11-6-3-4-7-12(11)20-14/h3-4,6-7H,2,5,8-10H2,1H3,(H,18,19). The van der Waals surface area contributed by atoms with E-state index in [2.05, 4.69) is 4.98 Å². The van der Waals surface area contributed by atoms with Gasteiger partial charge in [0.25, 0.3) is 6.01 Å². The number of carboxylic acids is 1. The van der Waals surface area contributed by atoms with Crippen LogP contribution in [0.4, 0.5) is 6.01 Å². The van der Waals surface area contributed by atoms with Crippen LogP contribution in [0.3, 0.4) is 0 Å². The molecule has 20 heavy (non-hydrogen) atoms. The van der Waals surface area contributed by atoms with Crippen molar-refractivity contribution in [3.63, 3.8) is 0 Å². The molecule has 1 aliphatic heterocycles. The van der Waals surface area contributed by atoms with Crippen LogP contribution in [0.5, 0.6) is 0 Å². The summed E-state index contributed by atoms with van der Waals surface area (Å²) in [4.78, 5) is 18.1. The smallest absolute Gasteiger partial charge is 0.329 e. The molecule has 1 unspecified atom stereocenters. The predicted octanol–water partition coefficient (Wildman–Crippen LogP) is 3.05. The van der Waals surface area contributed by atoms with Crippen LogP contribution in [0.2, 0.25) is 0 Å². The number of nitrogens with zero attached hydrogens (tertiary/aromatic N) is 2. The van der Waals surface area contributed by atoms with Gasteiger partial charge in [0, 0.05) is 6.54 Å². The number of aliphatic carboxylic acids is 1. The number of hydrogen-bond donors (Lipinski definition) is 1. The molecule has 0 bridgehead atoms. The fourth-order valence-corrected chi connectivity index (χ4v) is 3.14. The van der Waals surface area contributed by atoms with Gasteiger partial charge >= 0.3 is 5.97 Å². The summed E-state index contributed by atoms with van der Waals surface area (Å²) < 4.78 is 5.76. The number of carboxylic acid groups (broad SMARTS) is 1. The van der Waals surface area contributed by atoms with E-state index < -0.39 is 11.5 Å². The van der Waals surface area contributed by atoms with E-state index in [1.165, 1.54) is 0 Å². The van der Waals surface area contributed by atoms with Crippen LogP contribution in [0.25, 0.3) is 11.1 Å². The van der Waals surface area contributed by atoms with E-state index in [9.17, 15) is 9.90 Å². The SMILES string of the molecule is CCCC1(C(=O)O)CCCN1c1nc2ccccc2o1. The Morgan fingerprint density at radius 3 is 3.00 bits per heavy atom. The molecule has 0 radical (unpaired) electrons. The number of aromatic nitrogens is 1. The van der Waals surface area contributed by atoms with E-state index in [0.717, 1.165) is 18.4 Å². The molecule has 5 nitrogen and oxygen atoms in total. The maximum absolute atomic E-state index is 11.8. The third kappa shape index (κ3) is 1.85. The molecule has 0 aliphatic carbocycles. The second kappa shape index (κ2) is 4.81. The van der Waals surface area contributed by atoms with Crippen LogP contribution in [-0.4, -0.2) is 28.1 Å². The quantitative estimate of drug-likeness (QED) is 0.928. The molecule has 5 heteroatoms. The predicted molar refractivity (Wildman–Crippen MR) is 75.9 cm³/mol. The van der Waals surface area contributed by atoms with Gasteiger partial charge in [-0.15, -0.1) is 0 Å². The Morgan fingerprint density at radius 1 is 1.50 bits per heavy atom. The maximum Gasteiger partial charge on any atom is 0.329 e. The molecule has 1 aromatic carbocycles. The number of fused-ring (bicyclic) bond motifs is 1. The minimum absolute atomic E-state index is 0.430. The second-order valence-electron chi connectivity index (χ2n) is 5.31. The lowest BCUT2D eigenvalue weighted by atomic mass is 9.91. The van der Waals surface area contributed by atoms with Gasteiger partial charge in [-0.05, 0) is 31.4 Å². The number of carbonyl (C=O) groups is 1. The Labute approximate surface area is 117 Å². The molecule has 1 aromatic heterocycles. The number of hydrogen-bond acceptors (Lipinski definition) is 4. The van der Waals surface area contributed by atoms with Crippen LogP contribution in [0, 0.1) is 0 Å². The summed E-state index contributed by atoms with van der Waals surface area (Å²) in [6.07, 6.45) is 2.93. The van der Waals surface area contributed by atoms with Gasteiger partial charge in [0.2, 0.25) is 0 Å². The molecular weight excluding hydrogens is 256 g/mol. The Bertz CT molecular complexity index is 604. The molecule has 2 heterocycles. The summed E-state index contributed by atoms with van der Waals surface area (Å²) in [6.45, 7) is 2.69. The Morgan fingerprint density at radius 2 is 2.30 bits per heavy atom. The lowest BCUT2D eigenvalue weighted by Gasteiger charge is -2.33. The topological polar surface area (TPSA) is 66.6 Å². The largest absolute Gasteiger partial charge is 0.479 e. The van der Waals surface area contributed by atoms with E-state index in [4.69, 9.17) is 4.42 Å². The van der Waals surface area contributed by atoms with Gasteiger partial charge in [-0.25, -0.2) is 4.79 Å². The van der Waals surface area contributed by atoms with Crippen LogP contribution in [-0.2, 0) is 4.79 Å². The summed E-state index contributed by atoms with van der Waals surface area (Å²) in [5.41, 5.74) is 0.602. The molecular formula is C15H18N2O3. The van der Waals surface area contributed by atoms with Crippen molar-refractivity contribution in [2.75, 3.05) is 11.4 Å². The highest BCUT2D eigenvalue weighted by Crippen LogP contribution is 2.38. The van der Waals surface area contributed by atoms with E-state index in [1.807, 2.05) is 36.1 Å². The third-order valence-corrected chi connectivity index (χ3v) is 4.06. The average molecular weight is 274 g/mol. The summed E-state index contributed by atoms with van der Waals surface area (Å²) in [6, 6.07) is 7.94. The number of para-hydroxylation sites is 2. The highest BCUT2D eigenvalue weighted by atomic mass is 16.4. The third-order valence-electron chi connectivity index (χ3n) is 4.06. The van der Waals surface area contributed by atoms with E-state index in [-0.39, 0.29) is 0 Å². The molecule has 1 aliphatic rings. The fraction of sp³-hybridized carbons (Fsp3) is 0.467. The number of benzene rings is 1. The molecule has 1 fully saturated rings. The molecule has 0 saturated carbocycles. The lowest BCUT2D eigenvalue weighted by molar-refractivity contribution is -0.143. The molecule has 2 aromatic rings. The van der Waals surface area contributed by atoms with Crippen LogP contribution < -0.4 is 4.90 Å². The van der Waals surface area contributed by atoms with Crippen LogP contribution in [0.1, 0.15) is 32.6 Å². The van der Waals surface area contributed by atoms with Gasteiger partial charge in [-0.2, -0.15) is 4.98 Å². The normalized spacial score (nSPS) is 22.6. The van der Waals surface area contributed by atoms with Gasteiger partial charge in [0.1, 0.15) is 11.1 Å². The first-order valence-corrected chi connectivity index (χ1v) is 7.04. The molecule has 0 spiro atoms. The second-order valence-corrected chi connectivity index (χ2v) is 5.31. The van der Waals surface area contributed by atoms with Crippen molar-refractivity contribution >= 4 is 23.1 Å². The Kier molecular flexibility index (Phi) is 3.12. The van der Waals surface area contributed by atoms with Gasteiger partial charge < -0.3 is 14.4 Å². The molecule has 1 saturated heterocycles.